The van der Waals surface area contributed by atoms with E-state index in [1.54, 1.807) is 12.1 Å². The molecular weight excluding hydrogens is 284 g/mol. The second-order valence-electron chi connectivity index (χ2n) is 5.91. The van der Waals surface area contributed by atoms with Crippen LogP contribution in [0, 0.1) is 5.92 Å². The highest BCUT2D eigenvalue weighted by atomic mass is 32.2. The number of nitrogens with one attached hydrogen (secondary N) is 2. The van der Waals surface area contributed by atoms with Crippen LogP contribution in [0.4, 0.5) is 5.69 Å². The highest BCUT2D eigenvalue weighted by Gasteiger charge is 2.11. The average Bonchev–Trinajstić information content (AvgIpc) is 2.47. The molecule has 0 unspecified atom stereocenters. The zero-order valence-corrected chi connectivity index (χ0v) is 13.6. The lowest BCUT2D eigenvalue weighted by atomic mass is 9.92. The van der Waals surface area contributed by atoms with E-state index in [9.17, 15) is 8.42 Å². The number of anilines is 1. The van der Waals surface area contributed by atoms with Crippen LogP contribution in [0.15, 0.2) is 29.2 Å². The van der Waals surface area contributed by atoms with Crippen LogP contribution in [-0.2, 0) is 9.84 Å². The minimum atomic E-state index is -3.09. The highest BCUT2D eigenvalue weighted by molar-refractivity contribution is 7.90. The summed E-state index contributed by atoms with van der Waals surface area (Å²) in [7, 11) is -3.09. The number of hydrogen-bond donors (Lipinski definition) is 2. The standard InChI is InChI=1S/C16H26N2O2S/c1-21(19,20)16-7-5-15(6-8-16)18-11-3-2-4-14-9-12-17-13-10-14/h5-8,14,17-18H,2-4,9-13H2,1H3. The monoisotopic (exact) mass is 310 g/mol. The molecule has 0 atom stereocenters. The predicted molar refractivity (Wildman–Crippen MR) is 87.5 cm³/mol. The minimum absolute atomic E-state index is 0.374. The van der Waals surface area contributed by atoms with E-state index in [1.807, 2.05) is 12.1 Å². The van der Waals surface area contributed by atoms with E-state index in [0.717, 1.165) is 24.6 Å². The lowest BCUT2D eigenvalue weighted by Gasteiger charge is -2.22. The summed E-state index contributed by atoms with van der Waals surface area (Å²) in [6, 6.07) is 6.99. The topological polar surface area (TPSA) is 58.2 Å². The van der Waals surface area contributed by atoms with Gasteiger partial charge in [-0.2, -0.15) is 0 Å². The van der Waals surface area contributed by atoms with Crippen molar-refractivity contribution in [3.05, 3.63) is 24.3 Å². The van der Waals surface area contributed by atoms with E-state index in [1.165, 1.54) is 45.0 Å². The lowest BCUT2D eigenvalue weighted by Crippen LogP contribution is -2.27. The molecule has 1 fully saturated rings. The molecule has 5 heteroatoms. The Morgan fingerprint density at radius 1 is 1.14 bits per heavy atom. The van der Waals surface area contributed by atoms with Crippen LogP contribution in [0.1, 0.15) is 32.1 Å². The molecule has 0 amide bonds. The van der Waals surface area contributed by atoms with E-state index in [4.69, 9.17) is 0 Å². The molecule has 118 valence electrons. The fourth-order valence-corrected chi connectivity index (χ4v) is 3.41. The molecular formula is C16H26N2O2S. The zero-order chi connectivity index (χ0) is 15.1. The molecule has 1 aromatic rings. The van der Waals surface area contributed by atoms with E-state index < -0.39 is 9.84 Å². The van der Waals surface area contributed by atoms with Gasteiger partial charge in [-0.15, -0.1) is 0 Å². The van der Waals surface area contributed by atoms with Crippen LogP contribution in [0.3, 0.4) is 0 Å². The van der Waals surface area contributed by atoms with E-state index in [2.05, 4.69) is 10.6 Å². The van der Waals surface area contributed by atoms with Crippen LogP contribution in [0.25, 0.3) is 0 Å². The average molecular weight is 310 g/mol. The summed E-state index contributed by atoms with van der Waals surface area (Å²) in [6.45, 7) is 3.30. The number of unbranched alkanes of at least 4 members (excludes halogenated alkanes) is 1. The zero-order valence-electron chi connectivity index (χ0n) is 12.8. The molecule has 0 aromatic heterocycles. The Morgan fingerprint density at radius 2 is 1.81 bits per heavy atom. The Hall–Kier alpha value is -1.07. The van der Waals surface area contributed by atoms with Gasteiger partial charge < -0.3 is 10.6 Å². The predicted octanol–water partition coefficient (Wildman–Crippen LogP) is 2.67. The second-order valence-corrected chi connectivity index (χ2v) is 7.93. The third-order valence-electron chi connectivity index (χ3n) is 4.11. The van der Waals surface area contributed by atoms with Crippen molar-refractivity contribution < 1.29 is 8.42 Å². The largest absolute Gasteiger partial charge is 0.385 e. The molecule has 21 heavy (non-hydrogen) atoms. The van der Waals surface area contributed by atoms with E-state index in [0.29, 0.717) is 4.90 Å². The van der Waals surface area contributed by atoms with Gasteiger partial charge in [0.1, 0.15) is 0 Å². The van der Waals surface area contributed by atoms with Gasteiger partial charge in [-0.1, -0.05) is 12.8 Å². The van der Waals surface area contributed by atoms with Crippen molar-refractivity contribution >= 4 is 15.5 Å². The number of hydrogen-bond acceptors (Lipinski definition) is 4. The van der Waals surface area contributed by atoms with Crippen LogP contribution in [0.5, 0.6) is 0 Å². The maximum absolute atomic E-state index is 11.4. The normalized spacial score (nSPS) is 16.8. The first-order valence-corrected chi connectivity index (χ1v) is 9.69. The van der Waals surface area contributed by atoms with E-state index >= 15 is 0 Å². The molecule has 4 nitrogen and oxygen atoms in total. The Kier molecular flexibility index (Phi) is 6.06. The first-order chi connectivity index (χ1) is 10.1. The first kappa shape index (κ1) is 16.3. The molecule has 0 bridgehead atoms. The molecule has 2 rings (SSSR count). The Labute approximate surface area is 128 Å². The second kappa shape index (κ2) is 7.80. The fraction of sp³-hybridized carbons (Fsp3) is 0.625. The quantitative estimate of drug-likeness (QED) is 0.760. The molecule has 0 aliphatic carbocycles. The van der Waals surface area contributed by atoms with Gasteiger partial charge in [0.15, 0.2) is 9.84 Å². The van der Waals surface area contributed by atoms with E-state index in [-0.39, 0.29) is 0 Å². The summed E-state index contributed by atoms with van der Waals surface area (Å²) >= 11 is 0. The molecule has 1 aliphatic rings. The number of benzene rings is 1. The molecule has 1 saturated heterocycles. The summed E-state index contributed by atoms with van der Waals surface area (Å²) in [5.74, 6) is 0.903. The van der Waals surface area contributed by atoms with Gasteiger partial charge in [-0.25, -0.2) is 8.42 Å². The molecule has 0 spiro atoms. The smallest absolute Gasteiger partial charge is 0.175 e. The van der Waals surface area contributed by atoms with Crippen molar-refractivity contribution in [2.75, 3.05) is 31.2 Å². The van der Waals surface area contributed by atoms with Gasteiger partial charge in [-0.05, 0) is 62.5 Å². The molecule has 1 aliphatic heterocycles. The van der Waals surface area contributed by atoms with Crippen molar-refractivity contribution in [2.45, 2.75) is 37.0 Å². The maximum Gasteiger partial charge on any atom is 0.175 e. The lowest BCUT2D eigenvalue weighted by molar-refractivity contribution is 0.345. The molecule has 2 N–H and O–H groups in total. The Balaban J connectivity index is 1.64. The number of rotatable bonds is 7. The van der Waals surface area contributed by atoms with Gasteiger partial charge in [0.05, 0.1) is 4.90 Å². The SMILES string of the molecule is CS(=O)(=O)c1ccc(NCCCCC2CCNCC2)cc1. The van der Waals surface area contributed by atoms with Crippen LogP contribution in [0.2, 0.25) is 0 Å². The highest BCUT2D eigenvalue weighted by Crippen LogP contribution is 2.19. The third-order valence-corrected chi connectivity index (χ3v) is 5.24. The number of piperidine rings is 1. The maximum atomic E-state index is 11.4. The summed E-state index contributed by atoms with van der Waals surface area (Å²) in [5.41, 5.74) is 0.990. The van der Waals surface area contributed by atoms with Gasteiger partial charge in [0, 0.05) is 18.5 Å². The van der Waals surface area contributed by atoms with Crippen molar-refractivity contribution in [1.29, 1.82) is 0 Å². The van der Waals surface area contributed by atoms with Crippen LogP contribution in [-0.4, -0.2) is 34.3 Å². The molecule has 1 heterocycles. The summed E-state index contributed by atoms with van der Waals surface area (Å²) < 4.78 is 22.7. The van der Waals surface area contributed by atoms with Crippen molar-refractivity contribution in [3.8, 4) is 0 Å². The molecule has 0 saturated carbocycles. The fourth-order valence-electron chi connectivity index (χ4n) is 2.78. The van der Waals surface area contributed by atoms with Crippen LogP contribution < -0.4 is 10.6 Å². The Morgan fingerprint density at radius 3 is 2.43 bits per heavy atom. The van der Waals surface area contributed by atoms with Crippen molar-refractivity contribution in [3.63, 3.8) is 0 Å². The Bertz CT molecular complexity index is 520. The third kappa shape index (κ3) is 5.67. The van der Waals surface area contributed by atoms with Gasteiger partial charge in [-0.3, -0.25) is 0 Å². The molecule has 0 radical (unpaired) electrons. The van der Waals surface area contributed by atoms with Crippen molar-refractivity contribution in [2.24, 2.45) is 5.92 Å². The summed E-state index contributed by atoms with van der Waals surface area (Å²) in [5, 5.41) is 6.75. The summed E-state index contributed by atoms with van der Waals surface area (Å²) in [6.07, 6.45) is 7.63. The minimum Gasteiger partial charge on any atom is -0.385 e. The van der Waals surface area contributed by atoms with Crippen molar-refractivity contribution in [1.82, 2.24) is 5.32 Å². The van der Waals surface area contributed by atoms with Crippen LogP contribution >= 0.6 is 0 Å². The number of sulfone groups is 1. The van der Waals surface area contributed by atoms with Gasteiger partial charge >= 0.3 is 0 Å². The molecule has 1 aromatic carbocycles. The van der Waals surface area contributed by atoms with Gasteiger partial charge in [0.25, 0.3) is 0 Å². The summed E-state index contributed by atoms with van der Waals surface area (Å²) in [4.78, 5) is 0.374. The van der Waals surface area contributed by atoms with Gasteiger partial charge in [0.2, 0.25) is 0 Å². The first-order valence-electron chi connectivity index (χ1n) is 7.80.